The van der Waals surface area contributed by atoms with Crippen LogP contribution in [0.1, 0.15) is 25.5 Å². The monoisotopic (exact) mass is 327 g/mol. The number of fused-ring (bicyclic) bond motifs is 1. The highest BCUT2D eigenvalue weighted by atomic mass is 35.5. The number of nitrogens with one attached hydrogen (secondary N) is 1. The Bertz CT molecular complexity index is 692. The van der Waals surface area contributed by atoms with Crippen LogP contribution in [0.5, 0.6) is 0 Å². The van der Waals surface area contributed by atoms with Crippen LogP contribution >= 0.6 is 22.9 Å². The molecule has 0 saturated heterocycles. The summed E-state index contributed by atoms with van der Waals surface area (Å²) in [5.41, 5.74) is 0.588. The zero-order valence-corrected chi connectivity index (χ0v) is 12.8. The lowest BCUT2D eigenvalue weighted by atomic mass is 10.1. The van der Waals surface area contributed by atoms with E-state index in [-0.39, 0.29) is 0 Å². The number of aromatic nitrogens is 2. The van der Waals surface area contributed by atoms with Gasteiger partial charge in [-0.3, -0.25) is 9.20 Å². The first-order chi connectivity index (χ1) is 10.0. The standard InChI is InChI=1S/C13H14ClN3O3S/c1-2-3-8(12(19)20)15-10(18)5-4-9-11(14)16-13-17(9)6-7-21-13/h4-8H,2-3H2,1H3,(H,15,18)(H,19,20)/b5-4+/t8-/m0/s1. The lowest BCUT2D eigenvalue weighted by molar-refractivity contribution is -0.141. The first kappa shape index (κ1) is 15.5. The molecule has 21 heavy (non-hydrogen) atoms. The van der Waals surface area contributed by atoms with Crippen LogP contribution < -0.4 is 5.32 Å². The molecule has 0 aliphatic carbocycles. The van der Waals surface area contributed by atoms with Gasteiger partial charge in [0, 0.05) is 17.7 Å². The molecular weight excluding hydrogens is 314 g/mol. The highest BCUT2D eigenvalue weighted by Crippen LogP contribution is 2.22. The van der Waals surface area contributed by atoms with Crippen LogP contribution in [0.4, 0.5) is 0 Å². The fourth-order valence-corrected chi connectivity index (χ4v) is 2.85. The van der Waals surface area contributed by atoms with Gasteiger partial charge in [0.05, 0.1) is 5.69 Å². The van der Waals surface area contributed by atoms with Gasteiger partial charge < -0.3 is 10.4 Å². The van der Waals surface area contributed by atoms with Crippen molar-refractivity contribution >= 4 is 45.9 Å². The van der Waals surface area contributed by atoms with Gasteiger partial charge in [0.1, 0.15) is 6.04 Å². The van der Waals surface area contributed by atoms with Gasteiger partial charge in [-0.2, -0.15) is 0 Å². The number of thiazole rings is 1. The summed E-state index contributed by atoms with van der Waals surface area (Å²) < 4.78 is 1.76. The maximum absolute atomic E-state index is 11.8. The second-order valence-corrected chi connectivity index (χ2v) is 5.60. The molecule has 2 aromatic rings. The highest BCUT2D eigenvalue weighted by molar-refractivity contribution is 7.15. The lowest BCUT2D eigenvalue weighted by Gasteiger charge is -2.11. The SMILES string of the molecule is CCC[C@H](NC(=O)/C=C/c1c(Cl)nc2sccn12)C(=O)O. The van der Waals surface area contributed by atoms with Crippen molar-refractivity contribution in [3.63, 3.8) is 0 Å². The molecule has 6 nitrogen and oxygen atoms in total. The number of hydrogen-bond acceptors (Lipinski definition) is 4. The molecule has 2 rings (SSSR count). The van der Waals surface area contributed by atoms with Crippen LogP contribution in [0.15, 0.2) is 17.7 Å². The highest BCUT2D eigenvalue weighted by Gasteiger charge is 2.17. The summed E-state index contributed by atoms with van der Waals surface area (Å²) in [4.78, 5) is 27.6. The maximum atomic E-state index is 11.8. The van der Waals surface area contributed by atoms with Gasteiger partial charge in [0.15, 0.2) is 10.1 Å². The number of carboxylic acid groups (broad SMARTS) is 1. The molecule has 2 aromatic heterocycles. The minimum absolute atomic E-state index is 0.300. The van der Waals surface area contributed by atoms with Crippen molar-refractivity contribution in [1.29, 1.82) is 0 Å². The first-order valence-corrected chi connectivity index (χ1v) is 7.61. The number of carbonyl (C=O) groups excluding carboxylic acids is 1. The number of imidazole rings is 1. The van der Waals surface area contributed by atoms with Gasteiger partial charge in [-0.15, -0.1) is 11.3 Å². The Balaban J connectivity index is 2.09. The van der Waals surface area contributed by atoms with Crippen molar-refractivity contribution in [2.75, 3.05) is 0 Å². The minimum Gasteiger partial charge on any atom is -0.480 e. The summed E-state index contributed by atoms with van der Waals surface area (Å²) >= 11 is 7.43. The zero-order valence-electron chi connectivity index (χ0n) is 11.2. The molecule has 0 bridgehead atoms. The average Bonchev–Trinajstić information content (AvgIpc) is 2.96. The summed E-state index contributed by atoms with van der Waals surface area (Å²) in [7, 11) is 0. The third kappa shape index (κ3) is 3.62. The Labute approximate surface area is 130 Å². The van der Waals surface area contributed by atoms with E-state index in [2.05, 4.69) is 10.3 Å². The van der Waals surface area contributed by atoms with E-state index < -0.39 is 17.9 Å². The Morgan fingerprint density at radius 3 is 3.05 bits per heavy atom. The van der Waals surface area contributed by atoms with Gasteiger partial charge in [-0.05, 0) is 12.5 Å². The molecule has 0 aliphatic heterocycles. The largest absolute Gasteiger partial charge is 0.480 e. The van der Waals surface area contributed by atoms with Crippen LogP contribution in [-0.2, 0) is 9.59 Å². The van der Waals surface area contributed by atoms with Crippen molar-refractivity contribution in [3.05, 3.63) is 28.5 Å². The summed E-state index contributed by atoms with van der Waals surface area (Å²) in [5.74, 6) is -1.52. The molecule has 0 aliphatic rings. The Kier molecular flexibility index (Phi) is 4.98. The average molecular weight is 328 g/mol. The summed E-state index contributed by atoms with van der Waals surface area (Å²) in [6, 6.07) is -0.880. The van der Waals surface area contributed by atoms with E-state index in [1.165, 1.54) is 23.5 Å². The van der Waals surface area contributed by atoms with E-state index >= 15 is 0 Å². The summed E-state index contributed by atoms with van der Waals surface area (Å²) in [6.07, 6.45) is 5.64. The fraction of sp³-hybridized carbons (Fsp3) is 0.308. The number of halogens is 1. The van der Waals surface area contributed by atoms with E-state index in [4.69, 9.17) is 16.7 Å². The molecule has 1 atom stereocenters. The molecule has 8 heteroatoms. The molecule has 2 N–H and O–H groups in total. The zero-order chi connectivity index (χ0) is 15.4. The Morgan fingerprint density at radius 1 is 1.62 bits per heavy atom. The van der Waals surface area contributed by atoms with Crippen LogP contribution in [-0.4, -0.2) is 32.4 Å². The van der Waals surface area contributed by atoms with Crippen molar-refractivity contribution in [1.82, 2.24) is 14.7 Å². The molecular formula is C13H14ClN3O3S. The first-order valence-electron chi connectivity index (χ1n) is 6.35. The molecule has 0 unspecified atom stereocenters. The smallest absolute Gasteiger partial charge is 0.326 e. The maximum Gasteiger partial charge on any atom is 0.326 e. The molecule has 2 heterocycles. The molecule has 0 radical (unpaired) electrons. The molecule has 0 saturated carbocycles. The van der Waals surface area contributed by atoms with Crippen molar-refractivity contribution < 1.29 is 14.7 Å². The number of hydrogen-bond donors (Lipinski definition) is 2. The number of carbonyl (C=O) groups is 2. The summed E-state index contributed by atoms with van der Waals surface area (Å²) in [6.45, 7) is 1.86. The van der Waals surface area contributed by atoms with Gasteiger partial charge >= 0.3 is 5.97 Å². The molecule has 0 spiro atoms. The number of rotatable bonds is 6. The fourth-order valence-electron chi connectivity index (χ4n) is 1.85. The molecule has 0 aromatic carbocycles. The summed E-state index contributed by atoms with van der Waals surface area (Å²) in [5, 5.41) is 13.6. The topological polar surface area (TPSA) is 83.7 Å². The van der Waals surface area contributed by atoms with Crippen LogP contribution in [0.3, 0.4) is 0 Å². The quantitative estimate of drug-likeness (QED) is 0.798. The van der Waals surface area contributed by atoms with E-state index in [0.29, 0.717) is 23.7 Å². The van der Waals surface area contributed by atoms with Crippen molar-refractivity contribution in [2.24, 2.45) is 0 Å². The van der Waals surface area contributed by atoms with Crippen LogP contribution in [0, 0.1) is 0 Å². The predicted molar refractivity (Wildman–Crippen MR) is 81.6 cm³/mol. The van der Waals surface area contributed by atoms with Gasteiger partial charge in [-0.25, -0.2) is 9.78 Å². The van der Waals surface area contributed by atoms with Gasteiger partial charge in [0.25, 0.3) is 0 Å². The van der Waals surface area contributed by atoms with Crippen LogP contribution in [0.25, 0.3) is 11.0 Å². The van der Waals surface area contributed by atoms with E-state index in [1.807, 2.05) is 12.3 Å². The predicted octanol–water partition coefficient (Wildman–Crippen LogP) is 2.43. The third-order valence-corrected chi connectivity index (χ3v) is 3.87. The third-order valence-electron chi connectivity index (χ3n) is 2.84. The van der Waals surface area contributed by atoms with Crippen LogP contribution in [0.2, 0.25) is 5.15 Å². The Hall–Kier alpha value is -1.86. The van der Waals surface area contributed by atoms with Gasteiger partial charge in [-0.1, -0.05) is 24.9 Å². The van der Waals surface area contributed by atoms with Crippen molar-refractivity contribution in [3.8, 4) is 0 Å². The lowest BCUT2D eigenvalue weighted by Crippen LogP contribution is -2.39. The van der Waals surface area contributed by atoms with Crippen molar-refractivity contribution in [2.45, 2.75) is 25.8 Å². The molecule has 1 amide bonds. The molecule has 112 valence electrons. The van der Waals surface area contributed by atoms with E-state index in [9.17, 15) is 9.59 Å². The number of amides is 1. The second-order valence-electron chi connectivity index (χ2n) is 4.36. The second kappa shape index (κ2) is 6.73. The number of nitrogens with zero attached hydrogens (tertiary/aromatic N) is 2. The normalized spacial score (nSPS) is 12.9. The Morgan fingerprint density at radius 2 is 2.38 bits per heavy atom. The molecule has 0 fully saturated rings. The van der Waals surface area contributed by atoms with E-state index in [0.717, 1.165) is 4.96 Å². The number of carboxylic acids is 1. The minimum atomic E-state index is -1.04. The number of aliphatic carboxylic acids is 1. The van der Waals surface area contributed by atoms with E-state index in [1.54, 1.807) is 10.6 Å². The van der Waals surface area contributed by atoms with Gasteiger partial charge in [0.2, 0.25) is 5.91 Å².